The van der Waals surface area contributed by atoms with Gasteiger partial charge in [-0.2, -0.15) is 0 Å². The van der Waals surface area contributed by atoms with Crippen LogP contribution in [0.1, 0.15) is 26.2 Å². The number of nitrogens with two attached hydrogens (primary N) is 1. The smallest absolute Gasteiger partial charge is 0.176 e. The first kappa shape index (κ1) is 13.3. The molecule has 1 aliphatic heterocycles. The van der Waals surface area contributed by atoms with Gasteiger partial charge in [0.15, 0.2) is 6.29 Å². The fourth-order valence-electron chi connectivity index (χ4n) is 3.63. The lowest BCUT2D eigenvalue weighted by atomic mass is 9.99. The standard InChI is InChI=1S/C13H26N2O2/c1-13(9-14,12(16-2)17-3)15-7-10-5-4-6-11(10)8-15/h10-12H,4-9,14H2,1-3H3. The minimum absolute atomic E-state index is 0.201. The highest BCUT2D eigenvalue weighted by molar-refractivity contribution is 4.99. The van der Waals surface area contributed by atoms with E-state index in [0.29, 0.717) is 6.54 Å². The van der Waals surface area contributed by atoms with Crippen LogP contribution in [-0.2, 0) is 9.47 Å². The number of hydrogen-bond acceptors (Lipinski definition) is 4. The van der Waals surface area contributed by atoms with Gasteiger partial charge in [0.25, 0.3) is 0 Å². The maximum absolute atomic E-state index is 5.99. The maximum Gasteiger partial charge on any atom is 0.176 e. The Morgan fingerprint density at radius 3 is 2.18 bits per heavy atom. The van der Waals surface area contributed by atoms with E-state index >= 15 is 0 Å². The van der Waals surface area contributed by atoms with E-state index in [4.69, 9.17) is 15.2 Å². The van der Waals surface area contributed by atoms with Gasteiger partial charge < -0.3 is 15.2 Å². The molecule has 2 rings (SSSR count). The summed E-state index contributed by atoms with van der Waals surface area (Å²) in [5.74, 6) is 1.74. The molecule has 1 saturated heterocycles. The summed E-state index contributed by atoms with van der Waals surface area (Å²) in [6.45, 7) is 5.04. The highest BCUT2D eigenvalue weighted by atomic mass is 16.7. The van der Waals surface area contributed by atoms with Crippen molar-refractivity contribution in [3.63, 3.8) is 0 Å². The summed E-state index contributed by atoms with van der Waals surface area (Å²) in [7, 11) is 3.39. The SMILES string of the molecule is COC(OC)C(C)(CN)N1CC2CCCC2C1. The van der Waals surface area contributed by atoms with Gasteiger partial charge in [0.1, 0.15) is 0 Å². The zero-order chi connectivity index (χ0) is 12.5. The second-order valence-corrected chi connectivity index (χ2v) is 5.72. The van der Waals surface area contributed by atoms with Gasteiger partial charge in [-0.05, 0) is 31.6 Å². The normalized spacial score (nSPS) is 33.0. The zero-order valence-corrected chi connectivity index (χ0v) is 11.3. The first-order chi connectivity index (χ1) is 8.15. The highest BCUT2D eigenvalue weighted by Gasteiger charge is 2.47. The Morgan fingerprint density at radius 2 is 1.76 bits per heavy atom. The average molecular weight is 242 g/mol. The van der Waals surface area contributed by atoms with Gasteiger partial charge in [-0.3, -0.25) is 4.90 Å². The van der Waals surface area contributed by atoms with Crippen LogP contribution in [-0.4, -0.2) is 50.6 Å². The van der Waals surface area contributed by atoms with Crippen LogP contribution in [0.4, 0.5) is 0 Å². The van der Waals surface area contributed by atoms with Crippen molar-refractivity contribution in [3.05, 3.63) is 0 Å². The molecule has 2 fully saturated rings. The predicted molar refractivity (Wildman–Crippen MR) is 67.7 cm³/mol. The van der Waals surface area contributed by atoms with Crippen LogP contribution in [0.5, 0.6) is 0 Å². The number of ether oxygens (including phenoxy) is 2. The molecule has 0 bridgehead atoms. The zero-order valence-electron chi connectivity index (χ0n) is 11.3. The Hall–Kier alpha value is -0.160. The van der Waals surface area contributed by atoms with Crippen molar-refractivity contribution < 1.29 is 9.47 Å². The van der Waals surface area contributed by atoms with Gasteiger partial charge in [-0.15, -0.1) is 0 Å². The second-order valence-electron chi connectivity index (χ2n) is 5.72. The topological polar surface area (TPSA) is 47.7 Å². The lowest BCUT2D eigenvalue weighted by Crippen LogP contribution is -2.59. The minimum atomic E-state index is -0.244. The number of fused-ring (bicyclic) bond motifs is 1. The van der Waals surface area contributed by atoms with Crippen LogP contribution in [0.2, 0.25) is 0 Å². The molecule has 100 valence electrons. The molecule has 0 aromatic carbocycles. The van der Waals surface area contributed by atoms with E-state index in [1.54, 1.807) is 14.2 Å². The predicted octanol–water partition coefficient (Wildman–Crippen LogP) is 1.05. The summed E-state index contributed by atoms with van der Waals surface area (Å²) in [6.07, 6.45) is 3.92. The molecular formula is C13H26N2O2. The Morgan fingerprint density at radius 1 is 1.24 bits per heavy atom. The molecule has 1 saturated carbocycles. The second kappa shape index (κ2) is 5.22. The monoisotopic (exact) mass is 242 g/mol. The number of methoxy groups -OCH3 is 2. The molecule has 2 N–H and O–H groups in total. The first-order valence-corrected chi connectivity index (χ1v) is 6.66. The van der Waals surface area contributed by atoms with Crippen molar-refractivity contribution in [2.75, 3.05) is 33.9 Å². The highest BCUT2D eigenvalue weighted by Crippen LogP contribution is 2.41. The summed E-state index contributed by atoms with van der Waals surface area (Å²) in [6, 6.07) is 0. The fraction of sp³-hybridized carbons (Fsp3) is 1.00. The van der Waals surface area contributed by atoms with Gasteiger partial charge in [-0.25, -0.2) is 0 Å². The third-order valence-electron chi connectivity index (χ3n) is 4.80. The molecule has 4 heteroatoms. The van der Waals surface area contributed by atoms with E-state index in [-0.39, 0.29) is 11.8 Å². The molecule has 3 atom stereocenters. The Bertz CT molecular complexity index is 246. The van der Waals surface area contributed by atoms with Gasteiger partial charge in [-0.1, -0.05) is 6.42 Å². The number of rotatable bonds is 5. The molecule has 1 heterocycles. The molecule has 0 radical (unpaired) electrons. The Balaban J connectivity index is 2.08. The van der Waals surface area contributed by atoms with E-state index in [0.717, 1.165) is 24.9 Å². The number of likely N-dealkylation sites (tertiary alicyclic amines) is 1. The van der Waals surface area contributed by atoms with Crippen LogP contribution in [0.15, 0.2) is 0 Å². The van der Waals surface area contributed by atoms with Crippen molar-refractivity contribution in [3.8, 4) is 0 Å². The van der Waals surface area contributed by atoms with Crippen molar-refractivity contribution in [2.24, 2.45) is 17.6 Å². The van der Waals surface area contributed by atoms with Crippen LogP contribution in [0.25, 0.3) is 0 Å². The average Bonchev–Trinajstić information content (AvgIpc) is 2.90. The summed E-state index contributed by atoms with van der Waals surface area (Å²) in [4.78, 5) is 2.49. The van der Waals surface area contributed by atoms with E-state index in [1.807, 2.05) is 0 Å². The third-order valence-corrected chi connectivity index (χ3v) is 4.80. The van der Waals surface area contributed by atoms with Gasteiger partial charge >= 0.3 is 0 Å². The minimum Gasteiger partial charge on any atom is -0.354 e. The van der Waals surface area contributed by atoms with E-state index in [1.165, 1.54) is 19.3 Å². The summed E-state index contributed by atoms with van der Waals surface area (Å²) in [5, 5.41) is 0. The summed E-state index contributed by atoms with van der Waals surface area (Å²) >= 11 is 0. The van der Waals surface area contributed by atoms with E-state index in [2.05, 4.69) is 11.8 Å². The molecule has 4 nitrogen and oxygen atoms in total. The molecule has 17 heavy (non-hydrogen) atoms. The molecule has 1 aliphatic carbocycles. The first-order valence-electron chi connectivity index (χ1n) is 6.66. The van der Waals surface area contributed by atoms with Crippen LogP contribution >= 0.6 is 0 Å². The van der Waals surface area contributed by atoms with Gasteiger partial charge in [0.2, 0.25) is 0 Å². The molecule has 0 aromatic rings. The Kier molecular flexibility index (Phi) is 4.08. The molecule has 0 amide bonds. The number of hydrogen-bond donors (Lipinski definition) is 1. The largest absolute Gasteiger partial charge is 0.354 e. The summed E-state index contributed by atoms with van der Waals surface area (Å²) in [5.41, 5.74) is 5.79. The fourth-order valence-corrected chi connectivity index (χ4v) is 3.63. The lowest BCUT2D eigenvalue weighted by molar-refractivity contribution is -0.178. The Labute approximate surface area is 104 Å². The van der Waals surface area contributed by atoms with Crippen molar-refractivity contribution in [1.29, 1.82) is 0 Å². The van der Waals surface area contributed by atoms with Crippen LogP contribution in [0, 0.1) is 11.8 Å². The van der Waals surface area contributed by atoms with Gasteiger partial charge in [0, 0.05) is 33.9 Å². The van der Waals surface area contributed by atoms with E-state index in [9.17, 15) is 0 Å². The van der Waals surface area contributed by atoms with Crippen molar-refractivity contribution in [1.82, 2.24) is 4.90 Å². The molecule has 0 spiro atoms. The van der Waals surface area contributed by atoms with Crippen LogP contribution < -0.4 is 5.73 Å². The quantitative estimate of drug-likeness (QED) is 0.732. The molecule has 0 aromatic heterocycles. The van der Waals surface area contributed by atoms with Crippen molar-refractivity contribution >= 4 is 0 Å². The van der Waals surface area contributed by atoms with Crippen molar-refractivity contribution in [2.45, 2.75) is 38.0 Å². The number of nitrogens with zero attached hydrogens (tertiary/aromatic N) is 1. The summed E-state index contributed by atoms with van der Waals surface area (Å²) < 4.78 is 10.9. The molecule has 3 unspecified atom stereocenters. The molecule has 2 aliphatic rings. The maximum atomic E-state index is 5.99. The molecular weight excluding hydrogens is 216 g/mol. The van der Waals surface area contributed by atoms with Gasteiger partial charge in [0.05, 0.1) is 5.54 Å². The lowest BCUT2D eigenvalue weighted by Gasteiger charge is -2.42. The third kappa shape index (κ3) is 2.24. The van der Waals surface area contributed by atoms with E-state index < -0.39 is 0 Å². The van der Waals surface area contributed by atoms with Crippen LogP contribution in [0.3, 0.4) is 0 Å².